The molecule has 1 aromatic heterocycles. The first-order valence-corrected chi connectivity index (χ1v) is 21.3. The van der Waals surface area contributed by atoms with Crippen molar-refractivity contribution in [3.63, 3.8) is 0 Å². The van der Waals surface area contributed by atoms with E-state index in [-0.39, 0.29) is 36.4 Å². The van der Waals surface area contributed by atoms with Crippen molar-refractivity contribution in [1.29, 1.82) is 0 Å². The fourth-order valence-corrected chi connectivity index (χ4v) is 11.2. The number of aliphatic hydroxyl groups is 1. The Balaban J connectivity index is 1.18. The molecule has 10 nitrogen and oxygen atoms in total. The van der Waals surface area contributed by atoms with E-state index in [1.165, 1.54) is 0 Å². The minimum absolute atomic E-state index is 0.0961. The van der Waals surface area contributed by atoms with Crippen LogP contribution in [0.25, 0.3) is 0 Å². The van der Waals surface area contributed by atoms with Crippen LogP contribution in [0.5, 0.6) is 0 Å². The highest BCUT2D eigenvalue weighted by atomic mass is 79.9. The molecule has 2 N–H and O–H groups in total. The van der Waals surface area contributed by atoms with Gasteiger partial charge in [-0.3, -0.25) is 19.2 Å². The van der Waals surface area contributed by atoms with Crippen LogP contribution >= 0.6 is 15.9 Å². The van der Waals surface area contributed by atoms with Crippen LogP contribution in [0.3, 0.4) is 0 Å². The average Bonchev–Trinajstić information content (AvgIpc) is 3.79. The number of anilines is 3. The monoisotopic (exact) mass is 779 g/mol. The summed E-state index contributed by atoms with van der Waals surface area (Å²) in [4.78, 5) is 42.3. The Bertz CT molecular complexity index is 2060. The summed E-state index contributed by atoms with van der Waals surface area (Å²) in [6.45, 7) is 6.49. The van der Waals surface area contributed by atoms with Crippen molar-refractivity contribution < 1.29 is 24.2 Å². The fourth-order valence-electron chi connectivity index (χ4n) is 8.22. The maximum absolute atomic E-state index is 14.9. The van der Waals surface area contributed by atoms with Gasteiger partial charge in [0.1, 0.15) is 0 Å². The Morgan fingerprint density at radius 3 is 2.40 bits per heavy atom. The number of para-hydroxylation sites is 1. The normalized spacial score (nSPS) is 21.8. The first-order valence-electron chi connectivity index (χ1n) is 17.5. The van der Waals surface area contributed by atoms with Crippen LogP contribution in [0, 0.1) is 5.92 Å². The molecule has 12 heteroatoms. The summed E-state index contributed by atoms with van der Waals surface area (Å²) in [5, 5.41) is 18.9. The highest BCUT2D eigenvalue weighted by Gasteiger charge is 2.66. The molecule has 52 heavy (non-hydrogen) atoms. The molecule has 0 bridgehead atoms. The number of halogens is 1. The van der Waals surface area contributed by atoms with Crippen molar-refractivity contribution >= 4 is 53.6 Å². The van der Waals surface area contributed by atoms with Crippen molar-refractivity contribution in [3.05, 3.63) is 136 Å². The van der Waals surface area contributed by atoms with E-state index in [0.29, 0.717) is 24.3 Å². The van der Waals surface area contributed by atoms with Gasteiger partial charge in [-0.25, -0.2) is 0 Å². The molecule has 268 valence electrons. The van der Waals surface area contributed by atoms with Gasteiger partial charge < -0.3 is 19.5 Å². The summed E-state index contributed by atoms with van der Waals surface area (Å²) < 4.78 is 9.61. The first-order chi connectivity index (χ1) is 25.0. The number of aryl methyl sites for hydroxylation is 1. The van der Waals surface area contributed by atoms with Crippen LogP contribution < -0.4 is 9.80 Å². The van der Waals surface area contributed by atoms with E-state index >= 15 is 0 Å². The van der Waals surface area contributed by atoms with E-state index in [0.717, 1.165) is 38.9 Å². The number of aromatic nitrogens is 3. The molecule has 2 aliphatic heterocycles. The van der Waals surface area contributed by atoms with Gasteiger partial charge in [0.05, 0.1) is 36.6 Å². The molecule has 2 aliphatic rings. The third-order valence-electron chi connectivity index (χ3n) is 10.6. The van der Waals surface area contributed by atoms with Crippen molar-refractivity contribution in [2.45, 2.75) is 62.7 Å². The SMILES string of the molecule is C[C@H]1[C@H]([Si](C)(C)O)[C@@H](CCn2cc(C(CO)c3ccccc3)nn2)O[C@]12C(=O)N(Cc1cccc(N(C=O)c3ccccc3)c1)c1ccc(Br)cc12. The summed E-state index contributed by atoms with van der Waals surface area (Å²) in [5.41, 5.74) is 3.90. The van der Waals surface area contributed by atoms with Crippen molar-refractivity contribution in [3.8, 4) is 0 Å². The summed E-state index contributed by atoms with van der Waals surface area (Å²) in [6.07, 6.45) is 2.72. The van der Waals surface area contributed by atoms with Crippen molar-refractivity contribution in [2.24, 2.45) is 5.92 Å². The number of amides is 2. The molecule has 0 saturated carbocycles. The zero-order chi connectivity index (χ0) is 36.6. The van der Waals surface area contributed by atoms with Gasteiger partial charge in [-0.2, -0.15) is 0 Å². The molecule has 5 aromatic rings. The molecular formula is C40H42BrN5O5Si. The van der Waals surface area contributed by atoms with Gasteiger partial charge in [0.25, 0.3) is 5.91 Å². The Labute approximate surface area is 312 Å². The van der Waals surface area contributed by atoms with Gasteiger partial charge in [-0.1, -0.05) is 88.7 Å². The second kappa shape index (κ2) is 14.5. The predicted octanol–water partition coefficient (Wildman–Crippen LogP) is 6.89. The lowest BCUT2D eigenvalue weighted by Crippen LogP contribution is -2.46. The maximum atomic E-state index is 14.9. The van der Waals surface area contributed by atoms with Crippen LogP contribution in [0.4, 0.5) is 17.1 Å². The summed E-state index contributed by atoms with van der Waals surface area (Å²) in [7, 11) is -2.89. The van der Waals surface area contributed by atoms with Crippen molar-refractivity contribution in [1.82, 2.24) is 15.0 Å². The third-order valence-corrected chi connectivity index (χ3v) is 13.6. The molecule has 1 saturated heterocycles. The Kier molecular flexibility index (Phi) is 10.0. The van der Waals surface area contributed by atoms with Crippen molar-refractivity contribution in [2.75, 3.05) is 16.4 Å². The van der Waals surface area contributed by atoms with Crippen LogP contribution in [0.2, 0.25) is 18.6 Å². The average molecular weight is 781 g/mol. The number of fused-ring (bicyclic) bond motifs is 2. The minimum atomic E-state index is -2.89. The van der Waals surface area contributed by atoms with Gasteiger partial charge >= 0.3 is 0 Å². The Morgan fingerprint density at radius 2 is 1.71 bits per heavy atom. The lowest BCUT2D eigenvalue weighted by atomic mass is 9.82. The Morgan fingerprint density at radius 1 is 1.00 bits per heavy atom. The molecule has 1 spiro atoms. The quantitative estimate of drug-likeness (QED) is 0.105. The zero-order valence-electron chi connectivity index (χ0n) is 29.3. The molecule has 0 radical (unpaired) electrons. The maximum Gasteiger partial charge on any atom is 0.264 e. The van der Waals surface area contributed by atoms with Crippen LogP contribution in [-0.2, 0) is 33.0 Å². The standard InChI is InChI=1S/C40H42BrN5O5Si/c1-27-38(52(2,3)50)37(19-20-44-24-35(42-43-44)33(25-47)29-12-6-4-7-13-29)51-40(27)34-22-30(41)17-18-36(34)45(39(40)49)23-28-11-10-16-32(21-28)46(26-48)31-14-8-5-9-15-31/h4-18,21-22,24,26-27,33,37-38,47,50H,19-20,23,25H2,1-3H3/t27-,33?,37+,38-,40+/m0/s1. The molecule has 2 amide bonds. The number of ether oxygens (including phenoxy) is 1. The lowest BCUT2D eigenvalue weighted by Gasteiger charge is -2.32. The number of hydrogen-bond acceptors (Lipinski definition) is 7. The van der Waals surface area contributed by atoms with E-state index in [1.54, 1.807) is 14.5 Å². The van der Waals surface area contributed by atoms with Crippen LogP contribution in [-0.4, -0.2) is 58.2 Å². The molecule has 7 rings (SSSR count). The third kappa shape index (κ3) is 6.54. The topological polar surface area (TPSA) is 121 Å². The first kappa shape index (κ1) is 35.9. The largest absolute Gasteiger partial charge is 0.432 e. The number of nitrogens with zero attached hydrogens (tertiary/aromatic N) is 5. The number of benzene rings is 4. The summed E-state index contributed by atoms with van der Waals surface area (Å²) in [6, 6.07) is 32.6. The number of hydrogen-bond donors (Lipinski definition) is 2. The summed E-state index contributed by atoms with van der Waals surface area (Å²) in [5.74, 6) is -0.792. The molecule has 5 atom stereocenters. The van der Waals surface area contributed by atoms with Gasteiger partial charge in [0.2, 0.25) is 6.41 Å². The summed E-state index contributed by atoms with van der Waals surface area (Å²) >= 11 is 3.64. The van der Waals surface area contributed by atoms with Gasteiger partial charge in [-0.05, 0) is 73.1 Å². The van der Waals surface area contributed by atoms with Gasteiger partial charge in [-0.15, -0.1) is 5.10 Å². The molecule has 4 aromatic carbocycles. The molecule has 0 aliphatic carbocycles. The minimum Gasteiger partial charge on any atom is -0.432 e. The van der Waals surface area contributed by atoms with E-state index in [2.05, 4.69) is 26.2 Å². The number of rotatable bonds is 12. The molecular weight excluding hydrogens is 738 g/mol. The van der Waals surface area contributed by atoms with E-state index in [4.69, 9.17) is 4.74 Å². The van der Waals surface area contributed by atoms with E-state index < -0.39 is 20.0 Å². The number of aliphatic hydroxyl groups excluding tert-OH is 1. The predicted molar refractivity (Wildman–Crippen MR) is 206 cm³/mol. The lowest BCUT2D eigenvalue weighted by molar-refractivity contribution is -0.146. The van der Waals surface area contributed by atoms with Gasteiger partial charge in [0.15, 0.2) is 13.9 Å². The second-order valence-electron chi connectivity index (χ2n) is 14.2. The fraction of sp³-hybridized carbons (Fsp3) is 0.300. The smallest absolute Gasteiger partial charge is 0.264 e. The van der Waals surface area contributed by atoms with E-state index in [1.807, 2.05) is 129 Å². The van der Waals surface area contributed by atoms with Crippen LogP contribution in [0.15, 0.2) is 114 Å². The second-order valence-corrected chi connectivity index (χ2v) is 19.1. The van der Waals surface area contributed by atoms with E-state index in [9.17, 15) is 19.5 Å². The highest BCUT2D eigenvalue weighted by Crippen LogP contribution is 2.60. The number of carbonyl (C=O) groups is 2. The molecule has 1 unspecified atom stereocenters. The molecule has 3 heterocycles. The zero-order valence-corrected chi connectivity index (χ0v) is 31.9. The Hall–Kier alpha value is -4.46. The highest BCUT2D eigenvalue weighted by molar-refractivity contribution is 9.10. The number of carbonyl (C=O) groups excluding carboxylic acids is 2. The van der Waals surface area contributed by atoms with Crippen LogP contribution in [0.1, 0.15) is 41.6 Å². The van der Waals surface area contributed by atoms with Gasteiger partial charge in [0, 0.05) is 45.6 Å². The molecule has 1 fully saturated rings.